The number of rotatable bonds is 4. The Labute approximate surface area is 122 Å². The van der Waals surface area contributed by atoms with E-state index >= 15 is 0 Å². The number of anilines is 1. The second kappa shape index (κ2) is 6.86. The van der Waals surface area contributed by atoms with E-state index in [1.807, 2.05) is 24.0 Å². The summed E-state index contributed by atoms with van der Waals surface area (Å²) in [4.78, 5) is 18.9. The second-order valence-electron chi connectivity index (χ2n) is 5.56. The Morgan fingerprint density at radius 3 is 2.55 bits per heavy atom. The number of benzene rings is 1. The molecule has 4 nitrogen and oxygen atoms in total. The van der Waals surface area contributed by atoms with E-state index in [0.29, 0.717) is 6.54 Å². The van der Waals surface area contributed by atoms with Crippen LogP contribution in [0.2, 0.25) is 0 Å². The Morgan fingerprint density at radius 1 is 1.25 bits per heavy atom. The lowest BCUT2D eigenvalue weighted by molar-refractivity contribution is -0.120. The first kappa shape index (κ1) is 15.0. The zero-order valence-corrected chi connectivity index (χ0v) is 12.8. The summed E-state index contributed by atoms with van der Waals surface area (Å²) in [5, 5.41) is 0. The van der Waals surface area contributed by atoms with Gasteiger partial charge in [-0.2, -0.15) is 0 Å². The largest absolute Gasteiger partial charge is 0.312 e. The summed E-state index contributed by atoms with van der Waals surface area (Å²) in [6, 6.07) is 8.16. The molecule has 0 N–H and O–H groups in total. The number of carbonyl (C=O) groups is 1. The summed E-state index contributed by atoms with van der Waals surface area (Å²) in [6.07, 6.45) is 0. The van der Waals surface area contributed by atoms with Gasteiger partial charge in [0.2, 0.25) is 5.91 Å². The maximum Gasteiger partial charge on any atom is 0.241 e. The molecule has 0 atom stereocenters. The molecule has 0 radical (unpaired) electrons. The molecule has 1 aliphatic rings. The molecule has 1 amide bonds. The molecule has 110 valence electrons. The fourth-order valence-corrected chi connectivity index (χ4v) is 2.58. The van der Waals surface area contributed by atoms with Gasteiger partial charge >= 0.3 is 0 Å². The summed E-state index contributed by atoms with van der Waals surface area (Å²) in [7, 11) is 2.13. The van der Waals surface area contributed by atoms with E-state index < -0.39 is 0 Å². The Bertz CT molecular complexity index is 453. The molecule has 1 fully saturated rings. The zero-order chi connectivity index (χ0) is 14.5. The van der Waals surface area contributed by atoms with Crippen molar-refractivity contribution in [2.75, 3.05) is 51.2 Å². The highest BCUT2D eigenvalue weighted by atomic mass is 16.2. The molecule has 0 spiro atoms. The maximum atomic E-state index is 12.5. The number of carbonyl (C=O) groups excluding carboxylic acids is 1. The van der Waals surface area contributed by atoms with Crippen molar-refractivity contribution in [1.82, 2.24) is 9.80 Å². The van der Waals surface area contributed by atoms with E-state index in [2.05, 4.69) is 35.9 Å². The van der Waals surface area contributed by atoms with E-state index in [0.717, 1.165) is 38.4 Å². The highest BCUT2D eigenvalue weighted by molar-refractivity contribution is 5.94. The smallest absolute Gasteiger partial charge is 0.241 e. The van der Waals surface area contributed by atoms with Gasteiger partial charge in [-0.15, -0.1) is 0 Å². The molecule has 2 rings (SSSR count). The van der Waals surface area contributed by atoms with E-state index in [-0.39, 0.29) is 5.91 Å². The van der Waals surface area contributed by atoms with E-state index in [9.17, 15) is 4.79 Å². The fraction of sp³-hybridized carbons (Fsp3) is 0.562. The molecule has 4 heteroatoms. The van der Waals surface area contributed by atoms with Gasteiger partial charge < -0.3 is 9.80 Å². The zero-order valence-electron chi connectivity index (χ0n) is 12.8. The molecule has 0 aromatic heterocycles. The van der Waals surface area contributed by atoms with Crippen molar-refractivity contribution in [2.24, 2.45) is 0 Å². The van der Waals surface area contributed by atoms with E-state index in [1.165, 1.54) is 5.56 Å². The topological polar surface area (TPSA) is 26.8 Å². The molecule has 1 saturated heterocycles. The Balaban J connectivity index is 1.99. The molecule has 1 aliphatic heterocycles. The number of aryl methyl sites for hydroxylation is 1. The third-order valence-corrected chi connectivity index (χ3v) is 3.89. The molecule has 20 heavy (non-hydrogen) atoms. The van der Waals surface area contributed by atoms with Crippen molar-refractivity contribution in [2.45, 2.75) is 13.8 Å². The van der Waals surface area contributed by atoms with Crippen molar-refractivity contribution in [3.63, 3.8) is 0 Å². The normalized spacial score (nSPS) is 17.1. The van der Waals surface area contributed by atoms with E-state index in [4.69, 9.17) is 0 Å². The minimum absolute atomic E-state index is 0.197. The molecule has 0 unspecified atom stereocenters. The first-order valence-corrected chi connectivity index (χ1v) is 7.38. The molecule has 0 aliphatic carbocycles. The summed E-state index contributed by atoms with van der Waals surface area (Å²) < 4.78 is 0. The van der Waals surface area contributed by atoms with Crippen molar-refractivity contribution in [1.29, 1.82) is 0 Å². The molecule has 1 heterocycles. The van der Waals surface area contributed by atoms with Gasteiger partial charge in [0.15, 0.2) is 0 Å². The lowest BCUT2D eigenvalue weighted by Gasteiger charge is -2.33. The summed E-state index contributed by atoms with van der Waals surface area (Å²) in [5.41, 5.74) is 2.19. The molecular weight excluding hydrogens is 250 g/mol. The van der Waals surface area contributed by atoms with Gasteiger partial charge in [-0.1, -0.05) is 12.1 Å². The van der Waals surface area contributed by atoms with Crippen molar-refractivity contribution < 1.29 is 4.79 Å². The average Bonchev–Trinajstić information content (AvgIpc) is 2.42. The third kappa shape index (κ3) is 3.81. The third-order valence-electron chi connectivity index (χ3n) is 3.89. The van der Waals surface area contributed by atoms with Gasteiger partial charge in [-0.25, -0.2) is 0 Å². The van der Waals surface area contributed by atoms with Crippen LogP contribution in [-0.4, -0.2) is 62.0 Å². The number of likely N-dealkylation sites (N-methyl/N-ethyl adjacent to an activating group) is 2. The van der Waals surface area contributed by atoms with Gasteiger partial charge in [-0.3, -0.25) is 9.69 Å². The van der Waals surface area contributed by atoms with Gasteiger partial charge in [-0.05, 0) is 38.6 Å². The molecule has 0 bridgehead atoms. The van der Waals surface area contributed by atoms with Crippen LogP contribution in [0.5, 0.6) is 0 Å². The van der Waals surface area contributed by atoms with Crippen LogP contribution in [0.4, 0.5) is 5.69 Å². The van der Waals surface area contributed by atoms with Crippen LogP contribution in [0.1, 0.15) is 12.5 Å². The monoisotopic (exact) mass is 275 g/mol. The lowest BCUT2D eigenvalue weighted by Crippen LogP contribution is -2.49. The van der Waals surface area contributed by atoms with Gasteiger partial charge in [0.1, 0.15) is 0 Å². The van der Waals surface area contributed by atoms with Crippen molar-refractivity contribution in [3.05, 3.63) is 29.8 Å². The molecule has 0 saturated carbocycles. The number of piperazine rings is 1. The first-order chi connectivity index (χ1) is 9.60. The Morgan fingerprint density at radius 2 is 1.95 bits per heavy atom. The van der Waals surface area contributed by atoms with E-state index in [1.54, 1.807) is 0 Å². The van der Waals surface area contributed by atoms with Crippen LogP contribution < -0.4 is 4.90 Å². The minimum atomic E-state index is 0.197. The first-order valence-electron chi connectivity index (χ1n) is 7.38. The molecule has 1 aromatic carbocycles. The molecular formula is C16H25N3O. The van der Waals surface area contributed by atoms with Crippen LogP contribution in [0.15, 0.2) is 24.3 Å². The van der Waals surface area contributed by atoms with Crippen molar-refractivity contribution in [3.8, 4) is 0 Å². The highest BCUT2D eigenvalue weighted by Crippen LogP contribution is 2.16. The SMILES string of the molecule is CCN(C(=O)CN1CCN(C)CC1)c1cccc(C)c1. The highest BCUT2D eigenvalue weighted by Gasteiger charge is 2.20. The predicted molar refractivity (Wildman–Crippen MR) is 83.1 cm³/mol. The quantitative estimate of drug-likeness (QED) is 0.835. The average molecular weight is 275 g/mol. The maximum absolute atomic E-state index is 12.5. The second-order valence-corrected chi connectivity index (χ2v) is 5.56. The van der Waals surface area contributed by atoms with Crippen LogP contribution >= 0.6 is 0 Å². The Hall–Kier alpha value is -1.39. The number of hydrogen-bond donors (Lipinski definition) is 0. The predicted octanol–water partition coefficient (Wildman–Crippen LogP) is 1.60. The van der Waals surface area contributed by atoms with Crippen LogP contribution in [0, 0.1) is 6.92 Å². The van der Waals surface area contributed by atoms with Crippen LogP contribution in [0.25, 0.3) is 0 Å². The summed E-state index contributed by atoms with van der Waals surface area (Å²) in [5.74, 6) is 0.197. The molecule has 1 aromatic rings. The van der Waals surface area contributed by atoms with Gasteiger partial charge in [0.25, 0.3) is 0 Å². The van der Waals surface area contributed by atoms with Crippen molar-refractivity contribution >= 4 is 11.6 Å². The fourth-order valence-electron chi connectivity index (χ4n) is 2.58. The van der Waals surface area contributed by atoms with Gasteiger partial charge in [0.05, 0.1) is 6.54 Å². The van der Waals surface area contributed by atoms with Crippen LogP contribution in [0.3, 0.4) is 0 Å². The van der Waals surface area contributed by atoms with Gasteiger partial charge in [0, 0.05) is 38.4 Å². The summed E-state index contributed by atoms with van der Waals surface area (Å²) in [6.45, 7) is 9.38. The number of nitrogens with zero attached hydrogens (tertiary/aromatic N) is 3. The standard InChI is InChI=1S/C16H25N3O/c1-4-19(15-7-5-6-14(2)12-15)16(20)13-18-10-8-17(3)9-11-18/h5-7,12H,4,8-11,13H2,1-3H3. The number of hydrogen-bond acceptors (Lipinski definition) is 3. The minimum Gasteiger partial charge on any atom is -0.312 e. The Kier molecular flexibility index (Phi) is 5.15. The summed E-state index contributed by atoms with van der Waals surface area (Å²) >= 11 is 0. The lowest BCUT2D eigenvalue weighted by atomic mass is 10.2. The van der Waals surface area contributed by atoms with Crippen LogP contribution in [-0.2, 0) is 4.79 Å². The number of amides is 1.